The normalized spacial score (nSPS) is 19.3. The van der Waals surface area contributed by atoms with Crippen molar-refractivity contribution in [1.29, 1.82) is 0 Å². The van der Waals surface area contributed by atoms with Crippen LogP contribution in [0.2, 0.25) is 20.1 Å². The highest BCUT2D eigenvalue weighted by Crippen LogP contribution is 2.39. The van der Waals surface area contributed by atoms with E-state index in [2.05, 4.69) is 0 Å². The molecule has 1 saturated heterocycles. The van der Waals surface area contributed by atoms with Crippen molar-refractivity contribution in [2.75, 3.05) is 6.54 Å². The number of esters is 1. The van der Waals surface area contributed by atoms with Crippen LogP contribution in [0.25, 0.3) is 0 Å². The minimum absolute atomic E-state index is 0.0342. The molecule has 0 saturated carbocycles. The van der Waals surface area contributed by atoms with Gasteiger partial charge in [0.05, 0.1) is 32.5 Å². The van der Waals surface area contributed by atoms with E-state index in [1.165, 1.54) is 60.7 Å². The molecule has 0 unspecified atom stereocenters. The molecule has 1 aliphatic carbocycles. The minimum atomic E-state index is -0.779. The summed E-state index contributed by atoms with van der Waals surface area (Å²) in [5.41, 5.74) is 0.280. The zero-order valence-corrected chi connectivity index (χ0v) is 25.5. The average molecular weight is 660 g/mol. The molecule has 220 valence electrons. The number of allylic oxidation sites excluding steroid dienone is 2. The maximum Gasteiger partial charge on any atom is 0.345 e. The Labute approximate surface area is 266 Å². The Morgan fingerprint density at radius 1 is 0.860 bits per heavy atom. The number of amides is 3. The van der Waals surface area contributed by atoms with Crippen molar-refractivity contribution in [1.82, 2.24) is 10.0 Å². The first-order valence-corrected chi connectivity index (χ1v) is 14.6. The van der Waals surface area contributed by atoms with Crippen LogP contribution in [0.5, 0.6) is 5.75 Å². The monoisotopic (exact) mass is 658 g/mol. The third-order valence-electron chi connectivity index (χ3n) is 7.32. The van der Waals surface area contributed by atoms with Crippen molar-refractivity contribution < 1.29 is 28.7 Å². The third-order valence-corrected chi connectivity index (χ3v) is 8.61. The van der Waals surface area contributed by atoms with Gasteiger partial charge in [-0.3, -0.25) is 19.2 Å². The van der Waals surface area contributed by atoms with E-state index in [0.717, 1.165) is 10.0 Å². The van der Waals surface area contributed by atoms with E-state index in [1.807, 2.05) is 19.1 Å². The summed E-state index contributed by atoms with van der Waals surface area (Å²) in [6.07, 6.45) is 4.05. The van der Waals surface area contributed by atoms with E-state index < -0.39 is 47.9 Å². The largest absolute Gasteiger partial charge is 0.423 e. The van der Waals surface area contributed by atoms with Crippen molar-refractivity contribution in [2.45, 2.75) is 13.3 Å². The number of hydrogen-bond donors (Lipinski definition) is 0. The highest BCUT2D eigenvalue weighted by atomic mass is 35.5. The van der Waals surface area contributed by atoms with Gasteiger partial charge in [-0.15, -0.1) is 0 Å². The summed E-state index contributed by atoms with van der Waals surface area (Å²) >= 11 is 24.1. The quantitative estimate of drug-likeness (QED) is 0.0894. The van der Waals surface area contributed by atoms with Crippen molar-refractivity contribution in [2.24, 2.45) is 17.8 Å². The van der Waals surface area contributed by atoms with Gasteiger partial charge in [0, 0.05) is 16.1 Å². The molecule has 3 aromatic rings. The number of carbonyl (C=O) groups excluding carboxylic acids is 5. The van der Waals surface area contributed by atoms with Gasteiger partial charge in [0.25, 0.3) is 17.7 Å². The number of benzene rings is 3. The summed E-state index contributed by atoms with van der Waals surface area (Å²) < 4.78 is 5.36. The van der Waals surface area contributed by atoms with Crippen molar-refractivity contribution in [3.8, 4) is 5.75 Å². The van der Waals surface area contributed by atoms with Crippen LogP contribution in [0, 0.1) is 17.8 Å². The van der Waals surface area contributed by atoms with E-state index in [-0.39, 0.29) is 43.4 Å². The lowest BCUT2D eigenvalue weighted by Crippen LogP contribution is -2.52. The highest BCUT2D eigenvalue weighted by molar-refractivity contribution is 6.42. The second kappa shape index (κ2) is 12.5. The number of Topliss-reactive ketones (excluding diaryl/α,β-unsaturated/α-hetero) is 1. The van der Waals surface area contributed by atoms with Crippen LogP contribution in [-0.2, 0) is 9.59 Å². The lowest BCUT2D eigenvalue weighted by atomic mass is 9.78. The number of ketones is 1. The number of rotatable bonds is 7. The molecule has 0 spiro atoms. The van der Waals surface area contributed by atoms with E-state index in [0.29, 0.717) is 11.4 Å². The summed E-state index contributed by atoms with van der Waals surface area (Å²) in [6, 6.07) is 14.0. The Balaban J connectivity index is 1.39. The lowest BCUT2D eigenvalue weighted by molar-refractivity contribution is -0.154. The Morgan fingerprint density at radius 3 is 2.21 bits per heavy atom. The topological polar surface area (TPSA) is 101 Å². The van der Waals surface area contributed by atoms with Gasteiger partial charge in [0.1, 0.15) is 12.3 Å². The van der Waals surface area contributed by atoms with Crippen LogP contribution in [0.15, 0.2) is 72.8 Å². The van der Waals surface area contributed by atoms with E-state index >= 15 is 0 Å². The number of hydrazine groups is 1. The molecular weight excluding hydrogens is 638 g/mol. The van der Waals surface area contributed by atoms with Gasteiger partial charge in [-0.1, -0.05) is 65.5 Å². The molecule has 8 nitrogen and oxygen atoms in total. The third kappa shape index (κ3) is 6.19. The van der Waals surface area contributed by atoms with Crippen LogP contribution in [0.1, 0.15) is 44.4 Å². The molecule has 3 aromatic carbocycles. The number of fused-ring (bicyclic) bond motifs is 1. The first-order valence-electron chi connectivity index (χ1n) is 13.1. The highest BCUT2D eigenvalue weighted by Gasteiger charge is 2.53. The summed E-state index contributed by atoms with van der Waals surface area (Å²) in [7, 11) is 0. The molecule has 3 amide bonds. The molecular formula is C31H22Cl4N2O6. The molecule has 1 aliphatic heterocycles. The van der Waals surface area contributed by atoms with E-state index in [1.54, 1.807) is 0 Å². The van der Waals surface area contributed by atoms with Crippen molar-refractivity contribution in [3.05, 3.63) is 110 Å². The second-order valence-electron chi connectivity index (χ2n) is 10.1. The predicted octanol–water partition coefficient (Wildman–Crippen LogP) is 6.96. The van der Waals surface area contributed by atoms with Crippen LogP contribution in [0.3, 0.4) is 0 Å². The fraction of sp³-hybridized carbons (Fsp3) is 0.194. The van der Waals surface area contributed by atoms with Crippen molar-refractivity contribution >= 4 is 75.9 Å². The molecule has 0 N–H and O–H groups in total. The number of nitrogens with zero attached hydrogens (tertiary/aromatic N) is 2. The van der Waals surface area contributed by atoms with Gasteiger partial charge in [-0.05, 0) is 73.0 Å². The minimum Gasteiger partial charge on any atom is -0.423 e. The zero-order valence-electron chi connectivity index (χ0n) is 22.4. The summed E-state index contributed by atoms with van der Waals surface area (Å²) in [5, 5.41) is 2.42. The van der Waals surface area contributed by atoms with Crippen LogP contribution < -0.4 is 4.74 Å². The maximum atomic E-state index is 13.7. The van der Waals surface area contributed by atoms with Gasteiger partial charge in [-0.2, -0.15) is 5.01 Å². The molecule has 1 heterocycles. The smallest absolute Gasteiger partial charge is 0.345 e. The molecule has 0 radical (unpaired) electrons. The Bertz CT molecular complexity index is 1690. The van der Waals surface area contributed by atoms with E-state index in [4.69, 9.17) is 51.1 Å². The fourth-order valence-corrected chi connectivity index (χ4v) is 5.92. The molecule has 1 fully saturated rings. The van der Waals surface area contributed by atoms with Gasteiger partial charge >= 0.3 is 5.97 Å². The Morgan fingerprint density at radius 2 is 1.56 bits per heavy atom. The maximum absolute atomic E-state index is 13.7. The summed E-state index contributed by atoms with van der Waals surface area (Å²) in [6.45, 7) is 1.20. The predicted molar refractivity (Wildman–Crippen MR) is 161 cm³/mol. The van der Waals surface area contributed by atoms with Gasteiger partial charge in [0.2, 0.25) is 0 Å². The lowest BCUT2D eigenvalue weighted by Gasteiger charge is -2.30. The standard InChI is InChI=1S/C31H22Cl4N2O6/c1-16-3-2-4-22-27(16)30(41)37(29(22)40)36(28(39)18-7-12-23(33)25(35)13-18)15-26(38)17-5-9-20(10-6-17)43-31(42)21-11-8-19(32)14-24(21)34/h2-3,5-14,16,22,27H,4,15H2,1H3/t16-,22+,27+/m1/s1. The molecule has 2 aliphatic rings. The number of carbonyl (C=O) groups is 5. The zero-order chi connectivity index (χ0) is 31.0. The number of hydrogen-bond acceptors (Lipinski definition) is 6. The number of imide groups is 1. The SMILES string of the molecule is C[C@@H]1C=CC[C@@H]2C(=O)N(N(CC(=O)c3ccc(OC(=O)c4ccc(Cl)cc4Cl)cc3)C(=O)c3ccc(Cl)c(Cl)c3)C(=O)[C@@H]12. The second-order valence-corrected chi connectivity index (χ2v) is 11.8. The molecule has 5 rings (SSSR count). The fourth-order valence-electron chi connectivity index (χ4n) is 5.13. The molecule has 3 atom stereocenters. The first-order chi connectivity index (χ1) is 20.5. The van der Waals surface area contributed by atoms with Gasteiger partial charge in [0.15, 0.2) is 5.78 Å². The summed E-state index contributed by atoms with van der Waals surface area (Å²) in [4.78, 5) is 66.7. The molecule has 12 heteroatoms. The summed E-state index contributed by atoms with van der Waals surface area (Å²) in [5.74, 6) is -4.59. The Hall–Kier alpha value is -3.69. The van der Waals surface area contributed by atoms with Gasteiger partial charge < -0.3 is 4.74 Å². The van der Waals surface area contributed by atoms with Crippen molar-refractivity contribution in [3.63, 3.8) is 0 Å². The average Bonchev–Trinajstić information content (AvgIpc) is 3.23. The van der Waals surface area contributed by atoms with Gasteiger partial charge in [-0.25, -0.2) is 9.80 Å². The number of ether oxygens (including phenoxy) is 1. The molecule has 0 aromatic heterocycles. The van der Waals surface area contributed by atoms with E-state index in [9.17, 15) is 24.0 Å². The molecule has 0 bridgehead atoms. The molecule has 43 heavy (non-hydrogen) atoms. The Kier molecular flexibility index (Phi) is 8.94. The van der Waals surface area contributed by atoms with Crippen LogP contribution in [0.4, 0.5) is 0 Å². The first kappa shape index (κ1) is 30.8. The number of halogens is 4. The van der Waals surface area contributed by atoms with Crippen LogP contribution >= 0.6 is 46.4 Å². The van der Waals surface area contributed by atoms with Crippen LogP contribution in [-0.4, -0.2) is 46.0 Å².